The number of methoxy groups -OCH3 is 1. The summed E-state index contributed by atoms with van der Waals surface area (Å²) in [6.07, 6.45) is 3.30. The van der Waals surface area contributed by atoms with E-state index in [2.05, 4.69) is 19.2 Å². The van der Waals surface area contributed by atoms with Gasteiger partial charge in [-0.2, -0.15) is 0 Å². The molecule has 1 N–H and O–H groups in total. The monoisotopic (exact) mass is 353 g/mol. The van der Waals surface area contributed by atoms with Crippen molar-refractivity contribution in [3.8, 4) is 11.5 Å². The van der Waals surface area contributed by atoms with Gasteiger partial charge in [-0.15, -0.1) is 0 Å². The number of ether oxygens (including phenoxy) is 2. The zero-order valence-corrected chi connectivity index (χ0v) is 15.9. The normalized spacial score (nSPS) is 12.2. The van der Waals surface area contributed by atoms with Crippen molar-refractivity contribution in [1.29, 1.82) is 0 Å². The average Bonchev–Trinajstić information content (AvgIpc) is 2.65. The lowest BCUT2D eigenvalue weighted by atomic mass is 10.1. The number of hydrogen-bond donors (Lipinski definition) is 1. The molecule has 2 aromatic rings. The maximum Gasteiger partial charge on any atom is 0.244 e. The number of carbonyl (C=O) groups excluding carboxylic acids is 1. The quantitative estimate of drug-likeness (QED) is 0.705. The SMILES string of the molecule is COc1cc(/C=C/C(=O)N[C@H](C)c2ccccc2)ccc1OCC(C)C. The standard InChI is InChI=1S/C22H27NO3/c1-16(2)15-26-20-12-10-18(14-21(20)25-4)11-13-22(24)23-17(3)19-8-6-5-7-9-19/h5-14,16-17H,15H2,1-4H3,(H,23,24)/b13-11+/t17-/m1/s1. The number of benzene rings is 2. The van der Waals surface area contributed by atoms with Crippen LogP contribution in [-0.2, 0) is 4.79 Å². The lowest BCUT2D eigenvalue weighted by Gasteiger charge is -2.13. The third kappa shape index (κ3) is 5.96. The lowest BCUT2D eigenvalue weighted by molar-refractivity contribution is -0.117. The molecular formula is C22H27NO3. The minimum atomic E-state index is -0.138. The van der Waals surface area contributed by atoms with Gasteiger partial charge < -0.3 is 14.8 Å². The van der Waals surface area contributed by atoms with Crippen molar-refractivity contribution in [3.63, 3.8) is 0 Å². The third-order valence-corrected chi connectivity index (χ3v) is 3.85. The van der Waals surface area contributed by atoms with E-state index >= 15 is 0 Å². The highest BCUT2D eigenvalue weighted by Crippen LogP contribution is 2.29. The molecular weight excluding hydrogens is 326 g/mol. The molecule has 1 amide bonds. The predicted molar refractivity (Wildman–Crippen MR) is 105 cm³/mol. The summed E-state index contributed by atoms with van der Waals surface area (Å²) in [7, 11) is 1.61. The molecule has 0 bridgehead atoms. The maximum atomic E-state index is 12.1. The van der Waals surface area contributed by atoms with Crippen LogP contribution in [-0.4, -0.2) is 19.6 Å². The molecule has 0 spiro atoms. The molecule has 0 aliphatic heterocycles. The van der Waals surface area contributed by atoms with Crippen LogP contribution in [0.5, 0.6) is 11.5 Å². The second-order valence-electron chi connectivity index (χ2n) is 6.59. The molecule has 2 aromatic carbocycles. The van der Waals surface area contributed by atoms with Crippen molar-refractivity contribution in [3.05, 3.63) is 65.7 Å². The Kier molecular flexibility index (Phi) is 7.27. The van der Waals surface area contributed by atoms with E-state index < -0.39 is 0 Å². The van der Waals surface area contributed by atoms with E-state index in [0.717, 1.165) is 11.1 Å². The van der Waals surface area contributed by atoms with Crippen molar-refractivity contribution in [2.45, 2.75) is 26.8 Å². The topological polar surface area (TPSA) is 47.6 Å². The fourth-order valence-corrected chi connectivity index (χ4v) is 2.42. The molecule has 2 rings (SSSR count). The minimum absolute atomic E-state index is 0.0466. The van der Waals surface area contributed by atoms with Crippen LogP contribution < -0.4 is 14.8 Å². The number of rotatable bonds is 8. The molecule has 0 saturated carbocycles. The van der Waals surface area contributed by atoms with Crippen LogP contribution in [0.15, 0.2) is 54.6 Å². The van der Waals surface area contributed by atoms with Gasteiger partial charge in [0.1, 0.15) is 0 Å². The molecule has 0 aromatic heterocycles. The van der Waals surface area contributed by atoms with Crippen molar-refractivity contribution < 1.29 is 14.3 Å². The van der Waals surface area contributed by atoms with E-state index in [9.17, 15) is 4.79 Å². The van der Waals surface area contributed by atoms with Gasteiger partial charge in [-0.1, -0.05) is 50.2 Å². The lowest BCUT2D eigenvalue weighted by Crippen LogP contribution is -2.24. The van der Waals surface area contributed by atoms with Crippen LogP contribution in [0.1, 0.15) is 37.9 Å². The summed E-state index contributed by atoms with van der Waals surface area (Å²) in [5, 5.41) is 2.96. The van der Waals surface area contributed by atoms with Gasteiger partial charge >= 0.3 is 0 Å². The molecule has 26 heavy (non-hydrogen) atoms. The predicted octanol–water partition coefficient (Wildman–Crippen LogP) is 4.62. The van der Waals surface area contributed by atoms with Gasteiger partial charge in [0.2, 0.25) is 5.91 Å². The number of carbonyl (C=O) groups is 1. The number of amides is 1. The molecule has 1 atom stereocenters. The zero-order chi connectivity index (χ0) is 18.9. The first-order valence-electron chi connectivity index (χ1n) is 8.84. The number of nitrogens with one attached hydrogen (secondary N) is 1. The summed E-state index contributed by atoms with van der Waals surface area (Å²) < 4.78 is 11.1. The van der Waals surface area contributed by atoms with E-state index in [4.69, 9.17) is 9.47 Å². The molecule has 138 valence electrons. The Morgan fingerprint density at radius 3 is 2.46 bits per heavy atom. The van der Waals surface area contributed by atoms with Gasteiger partial charge in [-0.25, -0.2) is 0 Å². The molecule has 4 heteroatoms. The highest BCUT2D eigenvalue weighted by Gasteiger charge is 2.08. The minimum Gasteiger partial charge on any atom is -0.493 e. The summed E-state index contributed by atoms with van der Waals surface area (Å²) in [6.45, 7) is 6.79. The highest BCUT2D eigenvalue weighted by atomic mass is 16.5. The molecule has 0 heterocycles. The smallest absolute Gasteiger partial charge is 0.244 e. The van der Waals surface area contributed by atoms with Crippen LogP contribution in [0.25, 0.3) is 6.08 Å². The van der Waals surface area contributed by atoms with Gasteiger partial charge in [-0.3, -0.25) is 4.79 Å². The molecule has 0 unspecified atom stereocenters. The van der Waals surface area contributed by atoms with Crippen LogP contribution in [0.4, 0.5) is 0 Å². The second-order valence-corrected chi connectivity index (χ2v) is 6.59. The Bertz CT molecular complexity index is 738. The first kappa shape index (κ1) is 19.6. The summed E-state index contributed by atoms with van der Waals surface area (Å²) in [4.78, 5) is 12.1. The first-order chi connectivity index (χ1) is 12.5. The van der Waals surface area contributed by atoms with Gasteiger partial charge in [0.25, 0.3) is 0 Å². The molecule has 0 aliphatic carbocycles. The van der Waals surface area contributed by atoms with Crippen molar-refractivity contribution >= 4 is 12.0 Å². The van der Waals surface area contributed by atoms with Gasteiger partial charge in [0.15, 0.2) is 11.5 Å². The first-order valence-corrected chi connectivity index (χ1v) is 8.84. The summed E-state index contributed by atoms with van der Waals surface area (Å²) in [5.74, 6) is 1.67. The van der Waals surface area contributed by atoms with Crippen LogP contribution in [0.3, 0.4) is 0 Å². The molecule has 4 nitrogen and oxygen atoms in total. The molecule has 0 saturated heterocycles. The zero-order valence-electron chi connectivity index (χ0n) is 15.9. The van der Waals surface area contributed by atoms with E-state index in [1.165, 1.54) is 6.08 Å². The molecule has 0 radical (unpaired) electrons. The van der Waals surface area contributed by atoms with Crippen molar-refractivity contribution in [2.24, 2.45) is 5.92 Å². The van der Waals surface area contributed by atoms with Gasteiger partial charge in [0, 0.05) is 6.08 Å². The van der Waals surface area contributed by atoms with E-state index in [1.807, 2.05) is 55.5 Å². The second kappa shape index (κ2) is 9.66. The Labute approximate surface area is 155 Å². The van der Waals surface area contributed by atoms with Gasteiger partial charge in [0.05, 0.1) is 19.8 Å². The average molecular weight is 353 g/mol. The van der Waals surface area contributed by atoms with Crippen LogP contribution >= 0.6 is 0 Å². The van der Waals surface area contributed by atoms with Crippen molar-refractivity contribution in [1.82, 2.24) is 5.32 Å². The van der Waals surface area contributed by atoms with Crippen LogP contribution in [0.2, 0.25) is 0 Å². The maximum absolute atomic E-state index is 12.1. The van der Waals surface area contributed by atoms with E-state index in [-0.39, 0.29) is 11.9 Å². The van der Waals surface area contributed by atoms with E-state index in [1.54, 1.807) is 13.2 Å². The summed E-state index contributed by atoms with van der Waals surface area (Å²) in [5.41, 5.74) is 1.95. The molecule has 0 fully saturated rings. The summed E-state index contributed by atoms with van der Waals surface area (Å²) in [6, 6.07) is 15.5. The Morgan fingerprint density at radius 1 is 1.08 bits per heavy atom. The fourth-order valence-electron chi connectivity index (χ4n) is 2.42. The Balaban J connectivity index is 1.99. The van der Waals surface area contributed by atoms with Crippen LogP contribution in [0, 0.1) is 5.92 Å². The Hall–Kier alpha value is -2.75. The fraction of sp³-hybridized carbons (Fsp3) is 0.318. The Morgan fingerprint density at radius 2 is 1.81 bits per heavy atom. The summed E-state index contributed by atoms with van der Waals surface area (Å²) >= 11 is 0. The largest absolute Gasteiger partial charge is 0.493 e. The molecule has 0 aliphatic rings. The van der Waals surface area contributed by atoms with E-state index in [0.29, 0.717) is 24.0 Å². The number of hydrogen-bond acceptors (Lipinski definition) is 3. The van der Waals surface area contributed by atoms with Gasteiger partial charge in [-0.05, 0) is 42.2 Å². The van der Waals surface area contributed by atoms with Crippen molar-refractivity contribution in [2.75, 3.05) is 13.7 Å². The highest BCUT2D eigenvalue weighted by molar-refractivity contribution is 5.92. The third-order valence-electron chi connectivity index (χ3n) is 3.85.